The summed E-state index contributed by atoms with van der Waals surface area (Å²) in [6.07, 6.45) is 4.79. The lowest BCUT2D eigenvalue weighted by atomic mass is 9.85. The molecule has 0 atom stereocenters. The van der Waals surface area contributed by atoms with Gasteiger partial charge in [-0.15, -0.1) is 0 Å². The lowest BCUT2D eigenvalue weighted by Gasteiger charge is -2.29. The average molecular weight is 492 g/mol. The van der Waals surface area contributed by atoms with Gasteiger partial charge in [-0.25, -0.2) is 13.2 Å². The Kier molecular flexibility index (Phi) is 7.16. The lowest BCUT2D eigenvalue weighted by molar-refractivity contribution is 0.0915. The predicted molar refractivity (Wildman–Crippen MR) is 123 cm³/mol. The molecular formula is C25H25ClF3N3O2. The summed E-state index contributed by atoms with van der Waals surface area (Å²) in [6.45, 7) is 1.80. The third-order valence-electron chi connectivity index (χ3n) is 6.43. The molecule has 0 unspecified atom stereocenters. The van der Waals surface area contributed by atoms with E-state index in [2.05, 4.69) is 10.4 Å². The molecule has 3 aromatic rings. The van der Waals surface area contributed by atoms with Gasteiger partial charge in [0.1, 0.15) is 11.6 Å². The molecule has 1 amide bonds. The Morgan fingerprint density at radius 2 is 1.76 bits per heavy atom. The van der Waals surface area contributed by atoms with Crippen molar-refractivity contribution in [1.82, 2.24) is 15.1 Å². The minimum Gasteiger partial charge on any atom is -0.497 e. The number of methoxy groups -OCH3 is 1. The Morgan fingerprint density at radius 3 is 2.41 bits per heavy atom. The van der Waals surface area contributed by atoms with Gasteiger partial charge >= 0.3 is 0 Å². The van der Waals surface area contributed by atoms with Crippen molar-refractivity contribution in [2.75, 3.05) is 7.11 Å². The number of hydrogen-bond acceptors (Lipinski definition) is 3. The zero-order valence-corrected chi connectivity index (χ0v) is 19.6. The number of nitrogens with one attached hydrogen (secondary N) is 1. The molecule has 1 heterocycles. The zero-order valence-electron chi connectivity index (χ0n) is 18.9. The van der Waals surface area contributed by atoms with Gasteiger partial charge in [-0.2, -0.15) is 5.10 Å². The number of ether oxygens (including phenoxy) is 1. The Balaban J connectivity index is 1.37. The normalized spacial score (nSPS) is 18.1. The van der Waals surface area contributed by atoms with Crippen molar-refractivity contribution in [2.24, 2.45) is 5.92 Å². The Labute approximate surface area is 200 Å². The zero-order chi connectivity index (χ0) is 24.4. The van der Waals surface area contributed by atoms with Gasteiger partial charge in [0, 0.05) is 29.9 Å². The fourth-order valence-corrected chi connectivity index (χ4v) is 4.68. The van der Waals surface area contributed by atoms with E-state index in [1.165, 1.54) is 0 Å². The van der Waals surface area contributed by atoms with Crippen LogP contribution < -0.4 is 10.1 Å². The van der Waals surface area contributed by atoms with Crippen LogP contribution >= 0.6 is 11.6 Å². The highest BCUT2D eigenvalue weighted by molar-refractivity contribution is 6.34. The average Bonchev–Trinajstić information content (AvgIpc) is 3.31. The van der Waals surface area contributed by atoms with Gasteiger partial charge in [-0.1, -0.05) is 11.6 Å². The summed E-state index contributed by atoms with van der Waals surface area (Å²) in [7, 11) is 1.63. The second-order valence-corrected chi connectivity index (χ2v) is 8.95. The second-order valence-electron chi connectivity index (χ2n) is 8.57. The van der Waals surface area contributed by atoms with E-state index >= 15 is 0 Å². The van der Waals surface area contributed by atoms with Gasteiger partial charge in [0.25, 0.3) is 5.91 Å². The first kappa shape index (κ1) is 24.1. The summed E-state index contributed by atoms with van der Waals surface area (Å²) < 4.78 is 49.2. The van der Waals surface area contributed by atoms with Crippen LogP contribution in [0.15, 0.2) is 36.5 Å². The molecule has 0 saturated heterocycles. The number of amides is 1. The topological polar surface area (TPSA) is 56.1 Å². The molecule has 0 radical (unpaired) electrons. The quantitative estimate of drug-likeness (QED) is 0.343. The number of nitrogens with zero attached hydrogens (tertiary/aromatic N) is 2. The molecule has 180 valence electrons. The molecule has 34 heavy (non-hydrogen) atoms. The molecule has 0 spiro atoms. The molecule has 4 rings (SSSR count). The van der Waals surface area contributed by atoms with E-state index in [-0.39, 0.29) is 6.04 Å². The molecule has 1 fully saturated rings. The van der Waals surface area contributed by atoms with Gasteiger partial charge in [0.05, 0.1) is 23.4 Å². The molecule has 0 bridgehead atoms. The van der Waals surface area contributed by atoms with Crippen LogP contribution in [0.4, 0.5) is 13.2 Å². The second kappa shape index (κ2) is 10.1. The van der Waals surface area contributed by atoms with Crippen LogP contribution in [0, 0.1) is 30.3 Å². The van der Waals surface area contributed by atoms with Crippen molar-refractivity contribution < 1.29 is 22.7 Å². The van der Waals surface area contributed by atoms with Crippen LogP contribution in [0.1, 0.15) is 41.6 Å². The van der Waals surface area contributed by atoms with Gasteiger partial charge in [-0.3, -0.25) is 9.48 Å². The van der Waals surface area contributed by atoms with Gasteiger partial charge in [0.15, 0.2) is 11.6 Å². The highest BCUT2D eigenvalue weighted by atomic mass is 35.5. The number of aromatic nitrogens is 2. The Hall–Kier alpha value is -3.00. The Morgan fingerprint density at radius 1 is 1.09 bits per heavy atom. The van der Waals surface area contributed by atoms with Gasteiger partial charge < -0.3 is 10.1 Å². The van der Waals surface area contributed by atoms with Crippen molar-refractivity contribution in [1.29, 1.82) is 0 Å². The van der Waals surface area contributed by atoms with E-state index in [1.807, 2.05) is 35.0 Å². The van der Waals surface area contributed by atoms with Crippen LogP contribution in [-0.2, 0) is 6.54 Å². The largest absolute Gasteiger partial charge is 0.497 e. The Bertz CT molecular complexity index is 1160. The number of rotatable bonds is 6. The molecular weight excluding hydrogens is 467 g/mol. The smallest absolute Gasteiger partial charge is 0.256 e. The standard InChI is InChI=1S/C25H25ClF3N3O2/c1-14-22(27)20(21(26)24(29)23(14)28)25(33)31-17-7-3-15(4-8-17)13-32-19(11-12-30-32)16-5-9-18(34-2)10-6-16/h5-6,9-12,15,17H,3-4,7-8,13H2,1-2H3,(H,31,33). The van der Waals surface area contributed by atoms with E-state index in [1.54, 1.807) is 13.3 Å². The maximum absolute atomic E-state index is 14.4. The predicted octanol–water partition coefficient (Wildman–Crippen LogP) is 5.93. The number of carbonyl (C=O) groups excluding carboxylic acids is 1. The molecule has 9 heteroatoms. The summed E-state index contributed by atoms with van der Waals surface area (Å²) >= 11 is 5.74. The third kappa shape index (κ3) is 4.78. The molecule has 1 saturated carbocycles. The lowest BCUT2D eigenvalue weighted by Crippen LogP contribution is -2.39. The molecule has 1 aliphatic carbocycles. The summed E-state index contributed by atoms with van der Waals surface area (Å²) in [5, 5.41) is 6.37. The maximum atomic E-state index is 14.4. The summed E-state index contributed by atoms with van der Waals surface area (Å²) in [5.41, 5.74) is 0.834. The fraction of sp³-hybridized carbons (Fsp3) is 0.360. The van der Waals surface area contributed by atoms with E-state index < -0.39 is 39.5 Å². The molecule has 2 aromatic carbocycles. The van der Waals surface area contributed by atoms with Crippen molar-refractivity contribution in [3.8, 4) is 17.0 Å². The third-order valence-corrected chi connectivity index (χ3v) is 6.78. The monoisotopic (exact) mass is 491 g/mol. The van der Waals surface area contributed by atoms with Crippen LogP contribution in [0.2, 0.25) is 5.02 Å². The molecule has 0 aliphatic heterocycles. The van der Waals surface area contributed by atoms with Crippen molar-refractivity contribution in [3.63, 3.8) is 0 Å². The number of halogens is 4. The van der Waals surface area contributed by atoms with E-state index in [0.717, 1.165) is 43.3 Å². The summed E-state index contributed by atoms with van der Waals surface area (Å²) in [5.74, 6) is -3.62. The number of benzene rings is 2. The maximum Gasteiger partial charge on any atom is 0.256 e. The number of carbonyl (C=O) groups is 1. The fourth-order valence-electron chi connectivity index (χ4n) is 4.43. The summed E-state index contributed by atoms with van der Waals surface area (Å²) in [6, 6.07) is 9.56. The van der Waals surface area contributed by atoms with E-state index in [0.29, 0.717) is 18.8 Å². The molecule has 5 nitrogen and oxygen atoms in total. The van der Waals surface area contributed by atoms with Crippen LogP contribution in [0.25, 0.3) is 11.3 Å². The summed E-state index contributed by atoms with van der Waals surface area (Å²) in [4.78, 5) is 12.6. The van der Waals surface area contributed by atoms with Gasteiger partial charge in [0.2, 0.25) is 0 Å². The van der Waals surface area contributed by atoms with Crippen LogP contribution in [0.5, 0.6) is 5.75 Å². The van der Waals surface area contributed by atoms with Crippen molar-refractivity contribution in [3.05, 3.63) is 70.1 Å². The molecule has 1 N–H and O–H groups in total. The highest BCUT2D eigenvalue weighted by Crippen LogP contribution is 2.31. The van der Waals surface area contributed by atoms with Gasteiger partial charge in [-0.05, 0) is 68.9 Å². The van der Waals surface area contributed by atoms with Crippen LogP contribution in [0.3, 0.4) is 0 Å². The SMILES string of the molecule is COc1ccc(-c2ccnn2CC2CCC(NC(=O)c3c(F)c(C)c(F)c(F)c3Cl)CC2)cc1. The first-order valence-electron chi connectivity index (χ1n) is 11.1. The first-order chi connectivity index (χ1) is 16.3. The van der Waals surface area contributed by atoms with Crippen LogP contribution in [-0.4, -0.2) is 28.8 Å². The van der Waals surface area contributed by atoms with E-state index in [9.17, 15) is 18.0 Å². The minimum absolute atomic E-state index is 0.202. The highest BCUT2D eigenvalue weighted by Gasteiger charge is 2.29. The van der Waals surface area contributed by atoms with Crippen molar-refractivity contribution >= 4 is 17.5 Å². The number of hydrogen-bond donors (Lipinski definition) is 1. The van der Waals surface area contributed by atoms with Crippen molar-refractivity contribution in [2.45, 2.75) is 45.2 Å². The molecule has 1 aliphatic rings. The first-order valence-corrected chi connectivity index (χ1v) is 11.5. The van der Waals surface area contributed by atoms with E-state index in [4.69, 9.17) is 16.3 Å². The molecule has 1 aromatic heterocycles. The minimum atomic E-state index is -1.42.